The summed E-state index contributed by atoms with van der Waals surface area (Å²) in [5, 5.41) is 2.93. The summed E-state index contributed by atoms with van der Waals surface area (Å²) in [5.41, 5.74) is 1.93. The molecule has 2 aromatic carbocycles. The molecule has 4 nitrogen and oxygen atoms in total. The summed E-state index contributed by atoms with van der Waals surface area (Å²) >= 11 is 0. The number of hydrogen-bond acceptors (Lipinski definition) is 2. The van der Waals surface area contributed by atoms with Gasteiger partial charge in [0.15, 0.2) is 0 Å². The van der Waals surface area contributed by atoms with Gasteiger partial charge in [-0.25, -0.2) is 4.39 Å². The summed E-state index contributed by atoms with van der Waals surface area (Å²) in [6.07, 6.45) is 0.917. The number of amides is 2. The van der Waals surface area contributed by atoms with E-state index >= 15 is 0 Å². The van der Waals surface area contributed by atoms with Gasteiger partial charge in [0.25, 0.3) is 0 Å². The molecule has 2 atom stereocenters. The van der Waals surface area contributed by atoms with Crippen molar-refractivity contribution < 1.29 is 14.0 Å². The third-order valence-electron chi connectivity index (χ3n) is 4.69. The Morgan fingerprint density at radius 2 is 1.84 bits per heavy atom. The molecule has 0 saturated carbocycles. The maximum Gasteiger partial charge on any atom is 0.226 e. The van der Waals surface area contributed by atoms with Crippen molar-refractivity contribution in [2.24, 2.45) is 5.92 Å². The second-order valence-electron chi connectivity index (χ2n) is 6.34. The lowest BCUT2D eigenvalue weighted by Gasteiger charge is -2.25. The van der Waals surface area contributed by atoms with Crippen molar-refractivity contribution in [3.63, 3.8) is 0 Å². The Labute approximate surface area is 146 Å². The molecule has 0 spiro atoms. The van der Waals surface area contributed by atoms with E-state index in [4.69, 9.17) is 0 Å². The molecule has 0 radical (unpaired) electrons. The molecule has 2 aromatic rings. The Hall–Kier alpha value is -2.69. The minimum atomic E-state index is -0.460. The second-order valence-corrected chi connectivity index (χ2v) is 6.34. The number of rotatable bonds is 5. The van der Waals surface area contributed by atoms with E-state index in [9.17, 15) is 14.0 Å². The second kappa shape index (κ2) is 7.47. The first kappa shape index (κ1) is 17.1. The predicted molar refractivity (Wildman–Crippen MR) is 93.2 cm³/mol. The van der Waals surface area contributed by atoms with Crippen LogP contribution in [-0.4, -0.2) is 30.3 Å². The molecule has 1 aliphatic rings. The maximum absolute atomic E-state index is 13.2. The number of benzene rings is 2. The molecule has 0 aromatic heterocycles. The van der Waals surface area contributed by atoms with Gasteiger partial charge in [-0.05, 0) is 29.7 Å². The zero-order valence-electron chi connectivity index (χ0n) is 14.1. The Bertz CT molecular complexity index is 746. The molecule has 1 saturated heterocycles. The van der Waals surface area contributed by atoms with E-state index in [2.05, 4.69) is 5.32 Å². The average molecular weight is 340 g/mol. The van der Waals surface area contributed by atoms with Crippen LogP contribution in [0.2, 0.25) is 0 Å². The molecule has 25 heavy (non-hydrogen) atoms. The molecule has 0 aliphatic carbocycles. The van der Waals surface area contributed by atoms with Gasteiger partial charge in [0.2, 0.25) is 11.8 Å². The van der Waals surface area contributed by atoms with Crippen molar-refractivity contribution >= 4 is 11.8 Å². The van der Waals surface area contributed by atoms with Crippen molar-refractivity contribution in [1.82, 2.24) is 10.2 Å². The van der Waals surface area contributed by atoms with Crippen molar-refractivity contribution in [1.29, 1.82) is 0 Å². The molecule has 5 heteroatoms. The van der Waals surface area contributed by atoms with E-state index < -0.39 is 5.92 Å². The largest absolute Gasteiger partial charge is 0.355 e. The molecule has 130 valence electrons. The van der Waals surface area contributed by atoms with Crippen LogP contribution < -0.4 is 5.32 Å². The highest BCUT2D eigenvalue weighted by Gasteiger charge is 2.42. The number of nitrogens with zero attached hydrogens (tertiary/aromatic N) is 1. The Balaban J connectivity index is 1.67. The van der Waals surface area contributed by atoms with Crippen molar-refractivity contribution in [2.75, 3.05) is 13.6 Å². The van der Waals surface area contributed by atoms with Crippen LogP contribution in [0.4, 0.5) is 4.39 Å². The Morgan fingerprint density at radius 3 is 2.52 bits per heavy atom. The van der Waals surface area contributed by atoms with Crippen LogP contribution >= 0.6 is 0 Å². The highest BCUT2D eigenvalue weighted by atomic mass is 19.1. The highest BCUT2D eigenvalue weighted by Crippen LogP contribution is 2.37. The van der Waals surface area contributed by atoms with Crippen LogP contribution in [-0.2, 0) is 16.0 Å². The normalized spacial score (nSPS) is 19.9. The van der Waals surface area contributed by atoms with Gasteiger partial charge in [-0.1, -0.05) is 42.5 Å². The van der Waals surface area contributed by atoms with Gasteiger partial charge in [-0.15, -0.1) is 0 Å². The lowest BCUT2D eigenvalue weighted by Crippen LogP contribution is -2.35. The number of likely N-dealkylation sites (tertiary alicyclic amines) is 1. The summed E-state index contributed by atoms with van der Waals surface area (Å²) in [5.74, 6) is -1.00. The third kappa shape index (κ3) is 3.87. The van der Waals surface area contributed by atoms with Gasteiger partial charge in [-0.2, -0.15) is 0 Å². The minimum Gasteiger partial charge on any atom is -0.355 e. The van der Waals surface area contributed by atoms with Gasteiger partial charge in [0.1, 0.15) is 5.82 Å². The lowest BCUT2D eigenvalue weighted by molar-refractivity contribution is -0.128. The SMILES string of the molecule is CN1C(=O)C[C@H](C(=O)NCCc2ccccc2)[C@@H]1c1ccc(F)cc1. The van der Waals surface area contributed by atoms with E-state index in [1.54, 1.807) is 24.1 Å². The number of halogens is 1. The average Bonchev–Trinajstić information content (AvgIpc) is 2.92. The molecule has 1 heterocycles. The summed E-state index contributed by atoms with van der Waals surface area (Å²) in [6, 6.07) is 15.5. The molecular weight excluding hydrogens is 319 g/mol. The molecule has 0 unspecified atom stereocenters. The van der Waals surface area contributed by atoms with Crippen molar-refractivity contribution in [2.45, 2.75) is 18.9 Å². The number of nitrogens with one attached hydrogen (secondary N) is 1. The Kier molecular flexibility index (Phi) is 5.12. The fraction of sp³-hybridized carbons (Fsp3) is 0.300. The summed E-state index contributed by atoms with van der Waals surface area (Å²) in [4.78, 5) is 26.3. The third-order valence-corrected chi connectivity index (χ3v) is 4.69. The monoisotopic (exact) mass is 340 g/mol. The van der Waals surface area contributed by atoms with Crippen LogP contribution in [0.15, 0.2) is 54.6 Å². The van der Waals surface area contributed by atoms with Gasteiger partial charge in [0.05, 0.1) is 12.0 Å². The quantitative estimate of drug-likeness (QED) is 0.910. The van der Waals surface area contributed by atoms with Crippen LogP contribution in [0.3, 0.4) is 0 Å². The maximum atomic E-state index is 13.2. The van der Waals surface area contributed by atoms with E-state index in [-0.39, 0.29) is 30.1 Å². The molecule has 1 fully saturated rings. The lowest BCUT2D eigenvalue weighted by atomic mass is 9.93. The predicted octanol–water partition coefficient (Wildman–Crippen LogP) is 2.70. The fourth-order valence-electron chi connectivity index (χ4n) is 3.33. The number of carbonyl (C=O) groups excluding carboxylic acids is 2. The molecule has 3 rings (SSSR count). The van der Waals surface area contributed by atoms with Crippen LogP contribution in [0, 0.1) is 11.7 Å². The Morgan fingerprint density at radius 1 is 1.16 bits per heavy atom. The zero-order chi connectivity index (χ0) is 17.8. The fourth-order valence-corrected chi connectivity index (χ4v) is 3.33. The summed E-state index contributed by atoms with van der Waals surface area (Å²) in [6.45, 7) is 0.521. The summed E-state index contributed by atoms with van der Waals surface area (Å²) in [7, 11) is 1.69. The summed E-state index contributed by atoms with van der Waals surface area (Å²) < 4.78 is 13.2. The molecular formula is C20H21FN2O2. The zero-order valence-corrected chi connectivity index (χ0v) is 14.1. The topological polar surface area (TPSA) is 49.4 Å². The van der Waals surface area contributed by atoms with E-state index in [1.165, 1.54) is 12.1 Å². The smallest absolute Gasteiger partial charge is 0.226 e. The van der Waals surface area contributed by atoms with Gasteiger partial charge >= 0.3 is 0 Å². The van der Waals surface area contributed by atoms with Crippen LogP contribution in [0.5, 0.6) is 0 Å². The molecule has 1 N–H and O–H groups in total. The van der Waals surface area contributed by atoms with Crippen LogP contribution in [0.1, 0.15) is 23.6 Å². The van der Waals surface area contributed by atoms with E-state index in [1.807, 2.05) is 30.3 Å². The minimum absolute atomic E-state index is 0.0717. The van der Waals surface area contributed by atoms with Gasteiger partial charge in [-0.3, -0.25) is 9.59 Å². The first-order chi connectivity index (χ1) is 12.1. The molecule has 2 amide bonds. The van der Waals surface area contributed by atoms with E-state index in [0.29, 0.717) is 6.54 Å². The van der Waals surface area contributed by atoms with E-state index in [0.717, 1.165) is 17.5 Å². The standard InChI is InChI=1S/C20H21FN2O2/c1-23-18(24)13-17(19(23)15-7-9-16(21)10-8-15)20(25)22-12-11-14-5-3-2-4-6-14/h2-10,17,19H,11-13H2,1H3,(H,22,25)/t17-,19-/m0/s1. The first-order valence-electron chi connectivity index (χ1n) is 8.39. The number of hydrogen-bond donors (Lipinski definition) is 1. The molecule has 1 aliphatic heterocycles. The first-order valence-corrected chi connectivity index (χ1v) is 8.39. The van der Waals surface area contributed by atoms with Gasteiger partial charge < -0.3 is 10.2 Å². The van der Waals surface area contributed by atoms with Crippen molar-refractivity contribution in [3.8, 4) is 0 Å². The van der Waals surface area contributed by atoms with Crippen LogP contribution in [0.25, 0.3) is 0 Å². The highest BCUT2D eigenvalue weighted by molar-refractivity contribution is 5.90. The van der Waals surface area contributed by atoms with Gasteiger partial charge in [0, 0.05) is 20.0 Å². The van der Waals surface area contributed by atoms with Crippen molar-refractivity contribution in [3.05, 3.63) is 71.5 Å². The molecule has 0 bridgehead atoms. The number of carbonyl (C=O) groups is 2.